The molecule has 0 bridgehead atoms. The van der Waals surface area contributed by atoms with Gasteiger partial charge in [0, 0.05) is 10.9 Å². The molecule has 3 nitrogen and oxygen atoms in total. The fraction of sp³-hybridized carbons (Fsp3) is 0.250. The minimum atomic E-state index is -3.12. The van der Waals surface area contributed by atoms with Crippen molar-refractivity contribution in [3.05, 3.63) is 28.8 Å². The van der Waals surface area contributed by atoms with Crippen molar-refractivity contribution in [1.82, 2.24) is 4.98 Å². The van der Waals surface area contributed by atoms with Crippen molar-refractivity contribution in [2.75, 3.05) is 0 Å². The maximum atomic E-state index is 13.0. The molecule has 0 aliphatic rings. The van der Waals surface area contributed by atoms with Gasteiger partial charge in [0.1, 0.15) is 5.69 Å². The van der Waals surface area contributed by atoms with E-state index in [1.165, 1.54) is 0 Å². The molecule has 15 heavy (non-hydrogen) atoms. The molecule has 0 unspecified atom stereocenters. The van der Waals surface area contributed by atoms with Crippen LogP contribution in [0.25, 0.3) is 0 Å². The third kappa shape index (κ3) is 2.47. The summed E-state index contributed by atoms with van der Waals surface area (Å²) in [4.78, 5) is 13.5. The number of nitrogens with zero attached hydrogens (tertiary/aromatic N) is 1. The van der Waals surface area contributed by atoms with E-state index in [-0.39, 0.29) is 10.9 Å². The van der Waals surface area contributed by atoms with Gasteiger partial charge in [-0.15, -0.1) is 0 Å². The Morgan fingerprint density at radius 3 is 2.60 bits per heavy atom. The lowest BCUT2D eigenvalue weighted by Crippen LogP contribution is -2.09. The average molecular weight is 284 g/mol. The van der Waals surface area contributed by atoms with Crippen LogP contribution >= 0.6 is 15.9 Å². The maximum absolute atomic E-state index is 13.0. The van der Waals surface area contributed by atoms with Crippen molar-refractivity contribution in [2.24, 2.45) is 0 Å². The number of carboxylic acid groups (broad SMARTS) is 1. The molecule has 0 radical (unpaired) electrons. The molecule has 1 aromatic rings. The molecule has 7 heteroatoms. The zero-order valence-electron chi connectivity index (χ0n) is 7.18. The maximum Gasteiger partial charge on any atom is 0.337 e. The first kappa shape index (κ1) is 12.0. The third-order valence-corrected chi connectivity index (χ3v) is 2.26. The van der Waals surface area contributed by atoms with Crippen molar-refractivity contribution >= 4 is 21.9 Å². The molecule has 1 heterocycles. The molecule has 82 valence electrons. The second-order valence-electron chi connectivity index (χ2n) is 2.61. The molecule has 0 saturated carbocycles. The van der Waals surface area contributed by atoms with E-state index >= 15 is 0 Å². The smallest absolute Gasteiger partial charge is 0.337 e. The zero-order valence-corrected chi connectivity index (χ0v) is 8.76. The van der Waals surface area contributed by atoms with Crippen LogP contribution < -0.4 is 0 Å². The molecule has 0 aromatic carbocycles. The fourth-order valence-corrected chi connectivity index (χ4v) is 1.37. The van der Waals surface area contributed by atoms with Gasteiger partial charge in [0.25, 0.3) is 6.43 Å². The summed E-state index contributed by atoms with van der Waals surface area (Å²) in [6.45, 7) is 0. The summed E-state index contributed by atoms with van der Waals surface area (Å²) in [5.41, 5.74) is -1.80. The molecule has 0 spiro atoms. The van der Waals surface area contributed by atoms with E-state index in [2.05, 4.69) is 20.9 Å². The summed E-state index contributed by atoms with van der Waals surface area (Å²) in [7, 11) is 0. The Hall–Kier alpha value is -1.11. The number of pyridine rings is 1. The van der Waals surface area contributed by atoms with Crippen LogP contribution in [0.15, 0.2) is 6.07 Å². The van der Waals surface area contributed by atoms with Gasteiger partial charge in [0.2, 0.25) is 5.95 Å². The Morgan fingerprint density at radius 1 is 1.60 bits per heavy atom. The summed E-state index contributed by atoms with van der Waals surface area (Å²) in [6, 6.07) is 0.848. The molecule has 0 aliphatic carbocycles. The van der Waals surface area contributed by atoms with Crippen LogP contribution in [0.1, 0.15) is 28.0 Å². The molecule has 0 atom stereocenters. The van der Waals surface area contributed by atoms with E-state index in [1.807, 2.05) is 0 Å². The number of rotatable bonds is 3. The van der Waals surface area contributed by atoms with Crippen LogP contribution in [0.3, 0.4) is 0 Å². The summed E-state index contributed by atoms with van der Waals surface area (Å²) in [6.07, 6.45) is -3.12. The molecule has 0 aliphatic heterocycles. The van der Waals surface area contributed by atoms with E-state index in [0.29, 0.717) is 0 Å². The van der Waals surface area contributed by atoms with Gasteiger partial charge in [-0.1, -0.05) is 15.9 Å². The molecule has 0 amide bonds. The highest BCUT2D eigenvalue weighted by Crippen LogP contribution is 2.23. The highest BCUT2D eigenvalue weighted by molar-refractivity contribution is 9.08. The minimum absolute atomic E-state index is 0.00955. The number of carbonyl (C=O) groups is 1. The number of halogens is 4. The molecule has 1 aromatic heterocycles. The predicted octanol–water partition coefficient (Wildman–Crippen LogP) is 2.75. The molecule has 1 rings (SSSR count). The Bertz CT molecular complexity index is 398. The quantitative estimate of drug-likeness (QED) is 0.686. The normalized spacial score (nSPS) is 10.7. The Kier molecular flexibility index (Phi) is 3.67. The zero-order chi connectivity index (χ0) is 11.6. The number of aromatic carboxylic acids is 1. The standard InChI is InChI=1S/C8H5BrF3NO2/c9-2-3-1-4(8(14)15)5(6(10)11)13-7(3)12/h1,6H,2H2,(H,14,15). The first-order chi connectivity index (χ1) is 6.97. The molecular weight excluding hydrogens is 279 g/mol. The average Bonchev–Trinajstić information content (AvgIpc) is 2.16. The highest BCUT2D eigenvalue weighted by atomic mass is 79.9. The Morgan fingerprint density at radius 2 is 2.20 bits per heavy atom. The monoisotopic (exact) mass is 283 g/mol. The number of hydrogen-bond acceptors (Lipinski definition) is 2. The lowest BCUT2D eigenvalue weighted by atomic mass is 10.1. The van der Waals surface area contributed by atoms with Crippen molar-refractivity contribution in [3.8, 4) is 0 Å². The van der Waals surface area contributed by atoms with Crippen molar-refractivity contribution in [3.63, 3.8) is 0 Å². The van der Waals surface area contributed by atoms with Gasteiger partial charge >= 0.3 is 5.97 Å². The fourth-order valence-electron chi connectivity index (χ4n) is 0.977. The number of aromatic nitrogens is 1. The van der Waals surface area contributed by atoms with E-state index in [0.717, 1.165) is 6.07 Å². The minimum Gasteiger partial charge on any atom is -0.478 e. The number of hydrogen-bond donors (Lipinski definition) is 1. The summed E-state index contributed by atoms with van der Waals surface area (Å²) in [5, 5.41) is 8.62. The second-order valence-corrected chi connectivity index (χ2v) is 3.17. The van der Waals surface area contributed by atoms with Crippen LogP contribution in [-0.4, -0.2) is 16.1 Å². The van der Waals surface area contributed by atoms with Crippen molar-refractivity contribution in [2.45, 2.75) is 11.8 Å². The first-order valence-electron chi connectivity index (χ1n) is 3.74. The van der Waals surface area contributed by atoms with Crippen LogP contribution in [0, 0.1) is 5.95 Å². The highest BCUT2D eigenvalue weighted by Gasteiger charge is 2.22. The Balaban J connectivity index is 3.39. The molecule has 0 fully saturated rings. The van der Waals surface area contributed by atoms with Crippen LogP contribution in [0.4, 0.5) is 13.2 Å². The predicted molar refractivity (Wildman–Crippen MR) is 48.7 cm³/mol. The summed E-state index contributed by atoms with van der Waals surface area (Å²) < 4.78 is 37.6. The Labute approximate surface area is 91.1 Å². The SMILES string of the molecule is O=C(O)c1cc(CBr)c(F)nc1C(F)F. The summed E-state index contributed by atoms with van der Waals surface area (Å²) >= 11 is 2.89. The van der Waals surface area contributed by atoms with Gasteiger partial charge < -0.3 is 5.11 Å². The second kappa shape index (κ2) is 4.61. The van der Waals surface area contributed by atoms with Crippen molar-refractivity contribution < 1.29 is 23.1 Å². The van der Waals surface area contributed by atoms with E-state index in [1.54, 1.807) is 0 Å². The number of alkyl halides is 3. The van der Waals surface area contributed by atoms with Gasteiger partial charge in [0.15, 0.2) is 0 Å². The third-order valence-electron chi connectivity index (χ3n) is 1.66. The molecule has 0 saturated heterocycles. The van der Waals surface area contributed by atoms with Gasteiger partial charge in [-0.25, -0.2) is 18.6 Å². The molecule has 1 N–H and O–H groups in total. The first-order valence-corrected chi connectivity index (χ1v) is 4.86. The topological polar surface area (TPSA) is 50.2 Å². The summed E-state index contributed by atoms with van der Waals surface area (Å²) in [5.74, 6) is -2.65. The van der Waals surface area contributed by atoms with E-state index < -0.39 is 29.6 Å². The lowest BCUT2D eigenvalue weighted by molar-refractivity contribution is 0.0681. The van der Waals surface area contributed by atoms with E-state index in [9.17, 15) is 18.0 Å². The molecular formula is C8H5BrF3NO2. The van der Waals surface area contributed by atoms with Crippen LogP contribution in [-0.2, 0) is 5.33 Å². The van der Waals surface area contributed by atoms with E-state index in [4.69, 9.17) is 5.11 Å². The van der Waals surface area contributed by atoms with Gasteiger partial charge in [-0.05, 0) is 6.07 Å². The van der Waals surface area contributed by atoms with Gasteiger partial charge in [-0.2, -0.15) is 4.39 Å². The van der Waals surface area contributed by atoms with Crippen LogP contribution in [0.2, 0.25) is 0 Å². The van der Waals surface area contributed by atoms with Crippen molar-refractivity contribution in [1.29, 1.82) is 0 Å². The largest absolute Gasteiger partial charge is 0.478 e. The van der Waals surface area contributed by atoms with Crippen LogP contribution in [0.5, 0.6) is 0 Å². The van der Waals surface area contributed by atoms with Gasteiger partial charge in [0.05, 0.1) is 5.56 Å². The van der Waals surface area contributed by atoms with Gasteiger partial charge in [-0.3, -0.25) is 0 Å². The lowest BCUT2D eigenvalue weighted by Gasteiger charge is -2.06. The number of carboxylic acids is 1.